The van der Waals surface area contributed by atoms with E-state index in [1.165, 1.54) is 6.07 Å². The minimum atomic E-state index is -0.340. The molecule has 0 aliphatic carbocycles. The van der Waals surface area contributed by atoms with Crippen LogP contribution in [0.5, 0.6) is 5.75 Å². The molecule has 0 aliphatic heterocycles. The van der Waals surface area contributed by atoms with Crippen molar-refractivity contribution in [1.29, 1.82) is 0 Å². The van der Waals surface area contributed by atoms with Crippen molar-refractivity contribution in [3.63, 3.8) is 0 Å². The zero-order valence-electron chi connectivity index (χ0n) is 14.4. The third kappa shape index (κ3) is 3.47. The lowest BCUT2D eigenvalue weighted by molar-refractivity contribution is -0.383. The smallest absolute Gasteiger partial charge is 0.297 e. The number of aromatic nitrogens is 1. The van der Waals surface area contributed by atoms with Crippen LogP contribution in [-0.4, -0.2) is 29.8 Å². The van der Waals surface area contributed by atoms with Crippen molar-refractivity contribution in [2.45, 2.75) is 39.7 Å². The van der Waals surface area contributed by atoms with Crippen molar-refractivity contribution < 1.29 is 14.4 Å². The summed E-state index contributed by atoms with van der Waals surface area (Å²) in [6.45, 7) is 9.02. The fraction of sp³-hybridized carbons (Fsp3) is 0.529. The quantitative estimate of drug-likeness (QED) is 0.460. The van der Waals surface area contributed by atoms with Gasteiger partial charge in [-0.1, -0.05) is 6.92 Å². The topological polar surface area (TPSA) is 66.5 Å². The van der Waals surface area contributed by atoms with Crippen molar-refractivity contribution in [3.05, 3.63) is 34.0 Å². The lowest BCUT2D eigenvalue weighted by atomic mass is 10.1. The van der Waals surface area contributed by atoms with Crippen LogP contribution in [0.4, 0.5) is 5.69 Å². The number of non-ortho nitro benzene ring substituents is 1. The number of aryl methyl sites for hydroxylation is 1. The zero-order chi connectivity index (χ0) is 17.2. The Morgan fingerprint density at radius 1 is 1.22 bits per heavy atom. The van der Waals surface area contributed by atoms with Gasteiger partial charge in [-0.15, -0.1) is 0 Å². The first kappa shape index (κ1) is 17.3. The molecular formula is C17H24N2O4. The number of hydrogen-bond donors (Lipinski definition) is 0. The number of hydrogen-bond acceptors (Lipinski definition) is 4. The Hall–Kier alpha value is -2.08. The molecule has 1 aromatic carbocycles. The molecule has 0 atom stereocenters. The SMILES string of the molecule is CCc1cc2cc(OCCOC)cc([N+](=O)[O-])c2n1C(C)(C)C. The molecule has 0 fully saturated rings. The number of fused-ring (bicyclic) bond motifs is 1. The van der Waals surface area contributed by atoms with Crippen molar-refractivity contribution >= 4 is 16.6 Å². The molecule has 0 saturated carbocycles. The molecule has 0 radical (unpaired) electrons. The van der Waals surface area contributed by atoms with Gasteiger partial charge in [0.15, 0.2) is 0 Å². The molecule has 0 aliphatic rings. The van der Waals surface area contributed by atoms with E-state index in [1.54, 1.807) is 7.11 Å². The highest BCUT2D eigenvalue weighted by atomic mass is 16.6. The van der Waals surface area contributed by atoms with Crippen LogP contribution < -0.4 is 4.74 Å². The minimum absolute atomic E-state index is 0.0736. The monoisotopic (exact) mass is 320 g/mol. The second-order valence-corrected chi connectivity index (χ2v) is 6.47. The lowest BCUT2D eigenvalue weighted by Gasteiger charge is -2.25. The first-order chi connectivity index (χ1) is 10.8. The highest BCUT2D eigenvalue weighted by molar-refractivity contribution is 5.91. The molecule has 2 rings (SSSR count). The number of nitrogens with zero attached hydrogens (tertiary/aromatic N) is 2. The van der Waals surface area contributed by atoms with E-state index in [9.17, 15) is 10.1 Å². The van der Waals surface area contributed by atoms with Crippen molar-refractivity contribution in [2.75, 3.05) is 20.3 Å². The van der Waals surface area contributed by atoms with Crippen LogP contribution >= 0.6 is 0 Å². The number of ether oxygens (including phenoxy) is 2. The highest BCUT2D eigenvalue weighted by Crippen LogP contribution is 2.37. The predicted molar refractivity (Wildman–Crippen MR) is 90.3 cm³/mol. The first-order valence-electron chi connectivity index (χ1n) is 7.74. The predicted octanol–water partition coefficient (Wildman–Crippen LogP) is 3.89. The number of nitro groups is 1. The molecule has 126 valence electrons. The Bertz CT molecular complexity index is 713. The summed E-state index contributed by atoms with van der Waals surface area (Å²) in [5.41, 5.74) is 1.56. The van der Waals surface area contributed by atoms with Crippen molar-refractivity contribution in [1.82, 2.24) is 4.57 Å². The average Bonchev–Trinajstić information content (AvgIpc) is 2.84. The lowest BCUT2D eigenvalue weighted by Crippen LogP contribution is -2.23. The summed E-state index contributed by atoms with van der Waals surface area (Å²) < 4.78 is 12.6. The van der Waals surface area contributed by atoms with Gasteiger partial charge in [0, 0.05) is 23.7 Å². The molecule has 0 unspecified atom stereocenters. The summed E-state index contributed by atoms with van der Waals surface area (Å²) in [6, 6.07) is 5.37. The van der Waals surface area contributed by atoms with Gasteiger partial charge in [-0.2, -0.15) is 0 Å². The molecule has 0 N–H and O–H groups in total. The molecule has 23 heavy (non-hydrogen) atoms. The van der Waals surface area contributed by atoms with E-state index in [0.29, 0.717) is 24.5 Å². The van der Waals surface area contributed by atoms with Gasteiger partial charge < -0.3 is 14.0 Å². The Balaban J connectivity index is 2.67. The normalized spacial score (nSPS) is 11.9. The van der Waals surface area contributed by atoms with Gasteiger partial charge in [0.25, 0.3) is 5.69 Å². The third-order valence-corrected chi connectivity index (χ3v) is 3.71. The zero-order valence-corrected chi connectivity index (χ0v) is 14.4. The number of methoxy groups -OCH3 is 1. The van der Waals surface area contributed by atoms with Gasteiger partial charge in [-0.05, 0) is 39.3 Å². The second kappa shape index (κ2) is 6.58. The largest absolute Gasteiger partial charge is 0.491 e. The van der Waals surface area contributed by atoms with Crippen LogP contribution in [-0.2, 0) is 16.7 Å². The van der Waals surface area contributed by atoms with Gasteiger partial charge >= 0.3 is 0 Å². The molecule has 6 heteroatoms. The third-order valence-electron chi connectivity index (χ3n) is 3.71. The fourth-order valence-electron chi connectivity index (χ4n) is 2.85. The maximum atomic E-state index is 11.6. The number of nitro benzene ring substituents is 1. The summed E-state index contributed by atoms with van der Waals surface area (Å²) in [5.74, 6) is 0.495. The van der Waals surface area contributed by atoms with Crippen LogP contribution in [0.15, 0.2) is 18.2 Å². The van der Waals surface area contributed by atoms with Crippen molar-refractivity contribution in [3.8, 4) is 5.75 Å². The molecule has 1 heterocycles. The van der Waals surface area contributed by atoms with E-state index in [-0.39, 0.29) is 16.1 Å². The van der Waals surface area contributed by atoms with Gasteiger partial charge in [0.05, 0.1) is 17.6 Å². The van der Waals surface area contributed by atoms with E-state index < -0.39 is 0 Å². The standard InChI is InChI=1S/C17H24N2O4/c1-6-13-9-12-10-14(23-8-7-22-5)11-15(19(20)21)16(12)18(13)17(2,3)4/h9-11H,6-8H2,1-5H3. The number of rotatable bonds is 6. The van der Waals surface area contributed by atoms with E-state index in [1.807, 2.05) is 12.1 Å². The maximum Gasteiger partial charge on any atom is 0.297 e. The first-order valence-corrected chi connectivity index (χ1v) is 7.74. The van der Waals surface area contributed by atoms with E-state index in [4.69, 9.17) is 9.47 Å². The molecule has 2 aromatic rings. The molecule has 0 spiro atoms. The molecule has 6 nitrogen and oxygen atoms in total. The van der Waals surface area contributed by atoms with Crippen LogP contribution in [0, 0.1) is 10.1 Å². The van der Waals surface area contributed by atoms with E-state index >= 15 is 0 Å². The Morgan fingerprint density at radius 2 is 1.91 bits per heavy atom. The summed E-state index contributed by atoms with van der Waals surface area (Å²) >= 11 is 0. The van der Waals surface area contributed by atoms with E-state index in [0.717, 1.165) is 17.5 Å². The molecular weight excluding hydrogens is 296 g/mol. The number of benzene rings is 1. The van der Waals surface area contributed by atoms with Gasteiger partial charge in [-0.3, -0.25) is 10.1 Å². The van der Waals surface area contributed by atoms with Crippen LogP contribution in [0.25, 0.3) is 10.9 Å². The summed E-state index contributed by atoms with van der Waals surface area (Å²) in [5, 5.41) is 12.4. The second-order valence-electron chi connectivity index (χ2n) is 6.47. The van der Waals surface area contributed by atoms with Crippen molar-refractivity contribution in [2.24, 2.45) is 0 Å². The fourth-order valence-corrected chi connectivity index (χ4v) is 2.85. The molecule has 0 saturated heterocycles. The van der Waals surface area contributed by atoms with Crippen LogP contribution in [0.1, 0.15) is 33.4 Å². The maximum absolute atomic E-state index is 11.6. The average molecular weight is 320 g/mol. The summed E-state index contributed by atoms with van der Waals surface area (Å²) in [6.07, 6.45) is 0.809. The Labute approximate surface area is 136 Å². The van der Waals surface area contributed by atoms with Crippen LogP contribution in [0.3, 0.4) is 0 Å². The van der Waals surface area contributed by atoms with Gasteiger partial charge in [0.2, 0.25) is 0 Å². The molecule has 0 bridgehead atoms. The Kier molecular flexibility index (Phi) is 4.94. The van der Waals surface area contributed by atoms with Gasteiger partial charge in [0.1, 0.15) is 17.9 Å². The summed E-state index contributed by atoms with van der Waals surface area (Å²) in [7, 11) is 1.59. The van der Waals surface area contributed by atoms with E-state index in [2.05, 4.69) is 32.3 Å². The highest BCUT2D eigenvalue weighted by Gasteiger charge is 2.26. The molecule has 1 aromatic heterocycles. The Morgan fingerprint density at radius 3 is 2.43 bits per heavy atom. The van der Waals surface area contributed by atoms with Crippen LogP contribution in [0.2, 0.25) is 0 Å². The minimum Gasteiger partial charge on any atom is -0.491 e. The van der Waals surface area contributed by atoms with Gasteiger partial charge in [-0.25, -0.2) is 0 Å². The summed E-state index contributed by atoms with van der Waals surface area (Å²) in [4.78, 5) is 11.2. The molecule has 0 amide bonds.